The molecule has 0 aliphatic carbocycles. The van der Waals surface area contributed by atoms with Crippen LogP contribution in [0.4, 0.5) is 0 Å². The maximum Gasteiger partial charge on any atom is 0.254 e. The highest BCUT2D eigenvalue weighted by molar-refractivity contribution is 7.90. The molecule has 0 saturated carbocycles. The smallest absolute Gasteiger partial charge is 0.254 e. The van der Waals surface area contributed by atoms with E-state index < -0.39 is 15.9 Å². The molecule has 3 rings (SSSR count). The SMILES string of the molecule is CCN(C(=O)c1cc(Cl)cc(S(C)(=O)=O)c1)C(C)c1ncnn1-c1ncccn1. The Kier molecular flexibility index (Phi) is 5.94. The topological polar surface area (TPSA) is 111 Å². The number of hydrogen-bond donors (Lipinski definition) is 0. The van der Waals surface area contributed by atoms with E-state index in [1.165, 1.54) is 29.2 Å². The van der Waals surface area contributed by atoms with Crippen LogP contribution in [-0.4, -0.2) is 56.8 Å². The van der Waals surface area contributed by atoms with Crippen LogP contribution in [0.2, 0.25) is 5.02 Å². The van der Waals surface area contributed by atoms with Gasteiger partial charge in [-0.3, -0.25) is 4.79 Å². The Morgan fingerprint density at radius 1 is 1.21 bits per heavy atom. The molecule has 0 radical (unpaired) electrons. The normalized spacial score (nSPS) is 12.6. The quantitative estimate of drug-likeness (QED) is 0.585. The molecule has 1 atom stereocenters. The maximum absolute atomic E-state index is 13.2. The Balaban J connectivity index is 1.98. The standard InChI is InChI=1S/C18H19ClN6O3S/c1-4-24(17(26)13-8-14(19)10-15(9-13)29(3,27)28)12(2)16-22-11-23-25(16)18-20-6-5-7-21-18/h5-12H,4H2,1-3H3. The van der Waals surface area contributed by atoms with Gasteiger partial charge in [0.05, 0.1) is 10.9 Å². The van der Waals surface area contributed by atoms with E-state index >= 15 is 0 Å². The van der Waals surface area contributed by atoms with E-state index in [4.69, 9.17) is 11.6 Å². The third-order valence-electron chi connectivity index (χ3n) is 4.30. The first-order chi connectivity index (χ1) is 13.7. The first-order valence-electron chi connectivity index (χ1n) is 8.71. The van der Waals surface area contributed by atoms with Gasteiger partial charge >= 0.3 is 0 Å². The van der Waals surface area contributed by atoms with E-state index in [9.17, 15) is 13.2 Å². The molecule has 11 heteroatoms. The Morgan fingerprint density at radius 3 is 2.52 bits per heavy atom. The zero-order valence-corrected chi connectivity index (χ0v) is 17.6. The first kappa shape index (κ1) is 20.9. The zero-order valence-electron chi connectivity index (χ0n) is 16.0. The Hall–Kier alpha value is -2.85. The van der Waals surface area contributed by atoms with Crippen LogP contribution < -0.4 is 0 Å². The van der Waals surface area contributed by atoms with Crippen LogP contribution in [0.1, 0.15) is 36.1 Å². The van der Waals surface area contributed by atoms with Crippen LogP contribution in [0.5, 0.6) is 0 Å². The molecule has 0 saturated heterocycles. The highest BCUT2D eigenvalue weighted by Crippen LogP contribution is 2.25. The second-order valence-corrected chi connectivity index (χ2v) is 8.75. The lowest BCUT2D eigenvalue weighted by atomic mass is 10.1. The summed E-state index contributed by atoms with van der Waals surface area (Å²) >= 11 is 6.05. The maximum atomic E-state index is 13.2. The van der Waals surface area contributed by atoms with Gasteiger partial charge in [-0.05, 0) is 38.1 Å². The number of carbonyl (C=O) groups is 1. The highest BCUT2D eigenvalue weighted by Gasteiger charge is 2.27. The molecule has 2 aromatic heterocycles. The zero-order chi connectivity index (χ0) is 21.2. The van der Waals surface area contributed by atoms with Crippen LogP contribution in [0.25, 0.3) is 5.95 Å². The summed E-state index contributed by atoms with van der Waals surface area (Å²) in [5.41, 5.74) is 0.175. The van der Waals surface area contributed by atoms with Crippen molar-refractivity contribution >= 4 is 27.3 Å². The molecule has 0 N–H and O–H groups in total. The summed E-state index contributed by atoms with van der Waals surface area (Å²) in [6, 6.07) is 5.28. The van der Waals surface area contributed by atoms with Crippen molar-refractivity contribution in [2.75, 3.05) is 12.8 Å². The van der Waals surface area contributed by atoms with Gasteiger partial charge in [-0.15, -0.1) is 0 Å². The average molecular weight is 435 g/mol. The Bertz CT molecular complexity index is 1130. The first-order valence-corrected chi connectivity index (χ1v) is 11.0. The van der Waals surface area contributed by atoms with Crippen LogP contribution in [0.3, 0.4) is 0 Å². The Morgan fingerprint density at radius 2 is 1.90 bits per heavy atom. The van der Waals surface area contributed by atoms with E-state index in [1.807, 2.05) is 6.92 Å². The molecule has 9 nitrogen and oxygen atoms in total. The fourth-order valence-electron chi connectivity index (χ4n) is 2.89. The van der Waals surface area contributed by atoms with Gasteiger partial charge < -0.3 is 4.90 Å². The van der Waals surface area contributed by atoms with Gasteiger partial charge in [0.1, 0.15) is 6.33 Å². The van der Waals surface area contributed by atoms with Crippen molar-refractivity contribution in [2.24, 2.45) is 0 Å². The fourth-order valence-corrected chi connectivity index (χ4v) is 3.87. The van der Waals surface area contributed by atoms with E-state index in [2.05, 4.69) is 20.1 Å². The van der Waals surface area contributed by atoms with Gasteiger partial charge in [-0.2, -0.15) is 9.78 Å². The molecule has 1 aromatic carbocycles. The summed E-state index contributed by atoms with van der Waals surface area (Å²) in [6.45, 7) is 3.96. The summed E-state index contributed by atoms with van der Waals surface area (Å²) in [5.74, 6) is 0.421. The monoisotopic (exact) mass is 434 g/mol. The number of benzene rings is 1. The van der Waals surface area contributed by atoms with E-state index in [0.29, 0.717) is 18.3 Å². The number of sulfone groups is 1. The molecule has 0 aliphatic rings. The van der Waals surface area contributed by atoms with E-state index in [0.717, 1.165) is 6.26 Å². The molecule has 0 spiro atoms. The number of halogens is 1. The van der Waals surface area contributed by atoms with Crippen LogP contribution in [-0.2, 0) is 9.84 Å². The molecule has 2 heterocycles. The van der Waals surface area contributed by atoms with Crippen LogP contribution in [0, 0.1) is 0 Å². The lowest BCUT2D eigenvalue weighted by Gasteiger charge is -2.27. The third kappa shape index (κ3) is 4.43. The van der Waals surface area contributed by atoms with Crippen molar-refractivity contribution in [1.82, 2.24) is 29.6 Å². The van der Waals surface area contributed by atoms with Crippen molar-refractivity contribution in [3.05, 3.63) is 59.4 Å². The second kappa shape index (κ2) is 8.26. The Labute approximate surface area is 173 Å². The number of nitrogens with zero attached hydrogens (tertiary/aromatic N) is 6. The van der Waals surface area contributed by atoms with Gasteiger partial charge in [-0.1, -0.05) is 11.6 Å². The number of aromatic nitrogens is 5. The van der Waals surface area contributed by atoms with Crippen molar-refractivity contribution in [3.8, 4) is 5.95 Å². The fraction of sp³-hybridized carbons (Fsp3) is 0.278. The number of hydrogen-bond acceptors (Lipinski definition) is 7. The predicted octanol–water partition coefficient (Wildman–Crippen LogP) is 2.34. The molecular weight excluding hydrogens is 416 g/mol. The lowest BCUT2D eigenvalue weighted by molar-refractivity contribution is 0.0693. The summed E-state index contributed by atoms with van der Waals surface area (Å²) in [7, 11) is -3.52. The molecule has 152 valence electrons. The number of amides is 1. The average Bonchev–Trinajstić information content (AvgIpc) is 3.17. The van der Waals surface area contributed by atoms with Crippen LogP contribution >= 0.6 is 11.6 Å². The lowest BCUT2D eigenvalue weighted by Crippen LogP contribution is -2.35. The van der Waals surface area contributed by atoms with Gasteiger partial charge in [0.25, 0.3) is 11.9 Å². The number of rotatable bonds is 6. The minimum absolute atomic E-state index is 0.0158. The van der Waals surface area contributed by atoms with Crippen LogP contribution in [0.15, 0.2) is 47.9 Å². The molecule has 0 aliphatic heterocycles. The van der Waals surface area contributed by atoms with E-state index in [-0.39, 0.29) is 21.4 Å². The molecule has 1 amide bonds. The van der Waals surface area contributed by atoms with Crippen molar-refractivity contribution < 1.29 is 13.2 Å². The third-order valence-corrected chi connectivity index (χ3v) is 5.62. The van der Waals surface area contributed by atoms with Crippen molar-refractivity contribution in [2.45, 2.75) is 24.8 Å². The molecule has 3 aromatic rings. The van der Waals surface area contributed by atoms with Gasteiger partial charge in [0.15, 0.2) is 15.7 Å². The summed E-state index contributed by atoms with van der Waals surface area (Å²) in [5, 5.41) is 4.33. The van der Waals surface area contributed by atoms with Gasteiger partial charge in [0.2, 0.25) is 0 Å². The van der Waals surface area contributed by atoms with E-state index in [1.54, 1.807) is 30.3 Å². The summed E-state index contributed by atoms with van der Waals surface area (Å²) < 4.78 is 25.3. The minimum atomic E-state index is -3.52. The predicted molar refractivity (Wildman–Crippen MR) is 107 cm³/mol. The van der Waals surface area contributed by atoms with Crippen molar-refractivity contribution in [3.63, 3.8) is 0 Å². The molecule has 1 unspecified atom stereocenters. The largest absolute Gasteiger partial charge is 0.329 e. The summed E-state index contributed by atoms with van der Waals surface area (Å²) in [4.78, 5) is 27.3. The molecule has 0 fully saturated rings. The highest BCUT2D eigenvalue weighted by atomic mass is 35.5. The van der Waals surface area contributed by atoms with Gasteiger partial charge in [-0.25, -0.2) is 23.4 Å². The van der Waals surface area contributed by atoms with Crippen molar-refractivity contribution in [1.29, 1.82) is 0 Å². The number of carbonyl (C=O) groups excluding carboxylic acids is 1. The van der Waals surface area contributed by atoms with Gasteiger partial charge in [0, 0.05) is 35.8 Å². The minimum Gasteiger partial charge on any atom is -0.329 e. The molecule has 0 bridgehead atoms. The summed E-state index contributed by atoms with van der Waals surface area (Å²) in [6.07, 6.45) is 5.59. The second-order valence-electron chi connectivity index (χ2n) is 6.29. The molecular formula is C18H19ClN6O3S. The molecule has 29 heavy (non-hydrogen) atoms.